The lowest BCUT2D eigenvalue weighted by molar-refractivity contribution is 0.0972. The van der Waals surface area contributed by atoms with Crippen LogP contribution < -0.4 is 0 Å². The van der Waals surface area contributed by atoms with Gasteiger partial charge >= 0.3 is 0 Å². The van der Waals surface area contributed by atoms with Crippen molar-refractivity contribution in [3.8, 4) is 0 Å². The zero-order chi connectivity index (χ0) is 9.26. The van der Waals surface area contributed by atoms with Crippen molar-refractivity contribution in [2.75, 3.05) is 7.11 Å². The van der Waals surface area contributed by atoms with Gasteiger partial charge in [0.15, 0.2) is 5.78 Å². The highest BCUT2D eigenvalue weighted by molar-refractivity contribution is 5.98. The molecule has 0 saturated carbocycles. The molecule has 0 spiro atoms. The molecule has 0 amide bonds. The van der Waals surface area contributed by atoms with Crippen LogP contribution in [0.5, 0.6) is 0 Å². The minimum Gasteiger partial charge on any atom is -0.364 e. The van der Waals surface area contributed by atoms with Gasteiger partial charge in [-0.15, -0.1) is 0 Å². The molecule has 1 aromatic rings. The summed E-state index contributed by atoms with van der Waals surface area (Å²) >= 11 is 0. The van der Waals surface area contributed by atoms with Crippen LogP contribution in [0.2, 0.25) is 0 Å². The Bertz CT molecular complexity index is 328. The van der Waals surface area contributed by atoms with Gasteiger partial charge in [0.25, 0.3) is 0 Å². The van der Waals surface area contributed by atoms with Gasteiger partial charge in [-0.25, -0.2) is 0 Å². The van der Waals surface area contributed by atoms with Gasteiger partial charge in [0, 0.05) is 31.5 Å². The maximum absolute atomic E-state index is 11.4. The third-order valence-electron chi connectivity index (χ3n) is 2.39. The molecule has 0 radical (unpaired) electrons. The Morgan fingerprint density at radius 2 is 2.31 bits per heavy atom. The van der Waals surface area contributed by atoms with Crippen molar-refractivity contribution in [2.45, 2.75) is 26.0 Å². The molecule has 1 aliphatic carbocycles. The molecule has 70 valence electrons. The van der Waals surface area contributed by atoms with Gasteiger partial charge in [-0.1, -0.05) is 0 Å². The van der Waals surface area contributed by atoms with Gasteiger partial charge in [-0.2, -0.15) is 0 Å². The van der Waals surface area contributed by atoms with Crippen molar-refractivity contribution < 1.29 is 9.53 Å². The van der Waals surface area contributed by atoms with Crippen molar-refractivity contribution in [1.82, 2.24) is 4.57 Å². The van der Waals surface area contributed by atoms with E-state index < -0.39 is 0 Å². The van der Waals surface area contributed by atoms with E-state index in [9.17, 15) is 4.79 Å². The third kappa shape index (κ3) is 1.52. The summed E-state index contributed by atoms with van der Waals surface area (Å²) in [5.41, 5.74) is 2.07. The van der Waals surface area contributed by atoms with Crippen LogP contribution in [0.15, 0.2) is 12.4 Å². The molecule has 1 aliphatic rings. The number of rotatable bonds is 2. The lowest BCUT2D eigenvalue weighted by Gasteiger charge is -2.07. The maximum atomic E-state index is 11.4. The highest BCUT2D eigenvalue weighted by Crippen LogP contribution is 2.21. The minimum atomic E-state index is 0.274. The minimum absolute atomic E-state index is 0.274. The Kier molecular flexibility index (Phi) is 2.19. The lowest BCUT2D eigenvalue weighted by Crippen LogP contribution is -2.07. The van der Waals surface area contributed by atoms with E-state index in [1.54, 1.807) is 7.11 Å². The lowest BCUT2D eigenvalue weighted by atomic mass is 9.95. The Balaban J connectivity index is 2.31. The predicted molar refractivity (Wildman–Crippen MR) is 48.7 cm³/mol. The van der Waals surface area contributed by atoms with Gasteiger partial charge in [-0.3, -0.25) is 4.79 Å². The smallest absolute Gasteiger partial charge is 0.164 e. The molecule has 0 fully saturated rings. The Hall–Kier alpha value is -1.09. The average Bonchev–Trinajstić information content (AvgIpc) is 2.49. The summed E-state index contributed by atoms with van der Waals surface area (Å²) in [5, 5.41) is 0. The number of Topliss-reactive ketones (excluding diaryl/α,β-unsaturated/α-hetero) is 1. The molecule has 0 atom stereocenters. The van der Waals surface area contributed by atoms with Crippen molar-refractivity contribution >= 4 is 5.78 Å². The fourth-order valence-corrected chi connectivity index (χ4v) is 1.80. The number of carbonyl (C=O) groups is 1. The number of fused-ring (bicyclic) bond motifs is 1. The van der Waals surface area contributed by atoms with E-state index >= 15 is 0 Å². The highest BCUT2D eigenvalue weighted by Gasteiger charge is 2.18. The van der Waals surface area contributed by atoms with E-state index in [-0.39, 0.29) is 5.78 Å². The molecule has 3 heteroatoms. The molecule has 1 aromatic heterocycles. The fraction of sp³-hybridized carbons (Fsp3) is 0.500. The van der Waals surface area contributed by atoms with E-state index in [0.29, 0.717) is 13.2 Å². The van der Waals surface area contributed by atoms with Crippen LogP contribution in [-0.2, 0) is 17.9 Å². The normalized spacial score (nSPS) is 15.9. The van der Waals surface area contributed by atoms with Crippen LogP contribution in [0, 0.1) is 0 Å². The van der Waals surface area contributed by atoms with Crippen LogP contribution in [0.3, 0.4) is 0 Å². The van der Waals surface area contributed by atoms with Crippen molar-refractivity contribution in [3.05, 3.63) is 23.5 Å². The standard InChI is InChI=1S/C10H13NO2/c1-13-7-11-5-8-3-2-4-10(12)9(8)6-11/h5-6H,2-4,7H2,1H3. The number of aromatic nitrogens is 1. The highest BCUT2D eigenvalue weighted by atomic mass is 16.5. The Morgan fingerprint density at radius 1 is 1.46 bits per heavy atom. The summed E-state index contributed by atoms with van der Waals surface area (Å²) in [7, 11) is 1.65. The van der Waals surface area contributed by atoms with E-state index in [1.807, 2.05) is 17.0 Å². The number of carbonyl (C=O) groups excluding carboxylic acids is 1. The Morgan fingerprint density at radius 3 is 3.00 bits per heavy atom. The van der Waals surface area contributed by atoms with Crippen molar-refractivity contribution in [1.29, 1.82) is 0 Å². The first kappa shape index (κ1) is 8.51. The third-order valence-corrected chi connectivity index (χ3v) is 2.39. The van der Waals surface area contributed by atoms with E-state index in [1.165, 1.54) is 5.56 Å². The van der Waals surface area contributed by atoms with Gasteiger partial charge in [-0.05, 0) is 18.4 Å². The largest absolute Gasteiger partial charge is 0.364 e. The number of hydrogen-bond acceptors (Lipinski definition) is 2. The predicted octanol–water partition coefficient (Wildman–Crippen LogP) is 1.61. The molecule has 0 saturated heterocycles. The molecule has 13 heavy (non-hydrogen) atoms. The number of nitrogens with zero attached hydrogens (tertiary/aromatic N) is 1. The van der Waals surface area contributed by atoms with Crippen LogP contribution in [0.1, 0.15) is 28.8 Å². The molecule has 0 unspecified atom stereocenters. The summed E-state index contributed by atoms with van der Waals surface area (Å²) in [4.78, 5) is 11.4. The molecule has 0 aromatic carbocycles. The molecule has 2 rings (SSSR count). The molecule has 0 bridgehead atoms. The molecule has 0 aliphatic heterocycles. The summed E-state index contributed by atoms with van der Waals surface area (Å²) in [6.07, 6.45) is 6.61. The van der Waals surface area contributed by atoms with Crippen molar-refractivity contribution in [3.63, 3.8) is 0 Å². The summed E-state index contributed by atoms with van der Waals surface area (Å²) in [6, 6.07) is 0. The first-order chi connectivity index (χ1) is 6.31. The van der Waals surface area contributed by atoms with Crippen LogP contribution >= 0.6 is 0 Å². The quantitative estimate of drug-likeness (QED) is 0.690. The van der Waals surface area contributed by atoms with E-state index in [0.717, 1.165) is 18.4 Å². The van der Waals surface area contributed by atoms with E-state index in [4.69, 9.17) is 4.74 Å². The molecular weight excluding hydrogens is 166 g/mol. The summed E-state index contributed by atoms with van der Waals surface area (Å²) < 4.78 is 6.92. The second kappa shape index (κ2) is 3.34. The maximum Gasteiger partial charge on any atom is 0.164 e. The summed E-state index contributed by atoms with van der Waals surface area (Å²) in [6.45, 7) is 0.528. The summed E-state index contributed by atoms with van der Waals surface area (Å²) in [5.74, 6) is 0.274. The molecular formula is C10H13NO2. The number of ether oxygens (including phenoxy) is 1. The monoisotopic (exact) mass is 179 g/mol. The topological polar surface area (TPSA) is 31.2 Å². The molecule has 0 N–H and O–H groups in total. The first-order valence-electron chi connectivity index (χ1n) is 4.52. The van der Waals surface area contributed by atoms with Gasteiger partial charge in [0.1, 0.15) is 6.73 Å². The second-order valence-electron chi connectivity index (χ2n) is 3.41. The average molecular weight is 179 g/mol. The van der Waals surface area contributed by atoms with E-state index in [2.05, 4.69) is 0 Å². The molecule has 3 nitrogen and oxygen atoms in total. The first-order valence-corrected chi connectivity index (χ1v) is 4.52. The van der Waals surface area contributed by atoms with Gasteiger partial charge in [0.2, 0.25) is 0 Å². The number of ketones is 1. The van der Waals surface area contributed by atoms with Gasteiger partial charge < -0.3 is 9.30 Å². The molecule has 1 heterocycles. The Labute approximate surface area is 77.3 Å². The SMILES string of the molecule is COCn1cc2c(c1)C(=O)CCC2. The second-order valence-corrected chi connectivity index (χ2v) is 3.41. The fourth-order valence-electron chi connectivity index (χ4n) is 1.80. The van der Waals surface area contributed by atoms with Crippen LogP contribution in [0.25, 0.3) is 0 Å². The zero-order valence-electron chi connectivity index (χ0n) is 7.75. The van der Waals surface area contributed by atoms with Crippen molar-refractivity contribution in [2.24, 2.45) is 0 Å². The number of methoxy groups -OCH3 is 1. The number of aryl methyl sites for hydroxylation is 1. The van der Waals surface area contributed by atoms with Crippen LogP contribution in [0.4, 0.5) is 0 Å². The van der Waals surface area contributed by atoms with Crippen LogP contribution in [-0.4, -0.2) is 17.5 Å². The zero-order valence-corrected chi connectivity index (χ0v) is 7.75. The van der Waals surface area contributed by atoms with Gasteiger partial charge in [0.05, 0.1) is 0 Å². The number of hydrogen-bond donors (Lipinski definition) is 0.